The summed E-state index contributed by atoms with van der Waals surface area (Å²) in [4.78, 5) is 11.9. The van der Waals surface area contributed by atoms with Crippen LogP contribution in [0.15, 0.2) is 42.0 Å². The van der Waals surface area contributed by atoms with E-state index in [1.54, 1.807) is 18.2 Å². The lowest BCUT2D eigenvalue weighted by molar-refractivity contribution is -0.129. The van der Waals surface area contributed by atoms with Crippen LogP contribution in [0, 0.1) is 17.8 Å². The van der Waals surface area contributed by atoms with Crippen LogP contribution < -0.4 is 4.74 Å². The summed E-state index contributed by atoms with van der Waals surface area (Å²) in [5.74, 6) is 2.80. The number of ether oxygens (including phenoxy) is 1. The smallest absolute Gasteiger partial charge is 0.336 e. The zero-order valence-electron chi connectivity index (χ0n) is 18.9. The molecule has 1 aromatic rings. The van der Waals surface area contributed by atoms with Crippen molar-refractivity contribution in [2.24, 2.45) is 17.8 Å². The second-order valence-electron chi connectivity index (χ2n) is 9.08. The minimum atomic E-state index is -0.275. The monoisotopic (exact) mass is 386 g/mol. The molecule has 2 nitrogen and oxygen atoms in total. The maximum Gasteiger partial charge on any atom is 0.336 e. The van der Waals surface area contributed by atoms with E-state index in [9.17, 15) is 4.79 Å². The Morgan fingerprint density at radius 2 is 1.39 bits per heavy atom. The van der Waals surface area contributed by atoms with Crippen LogP contribution in [0.2, 0.25) is 0 Å². The van der Waals surface area contributed by atoms with Crippen molar-refractivity contribution in [2.75, 3.05) is 0 Å². The molecular formula is C26H42O2. The molecule has 0 amide bonds. The predicted octanol–water partition coefficient (Wildman–Crippen LogP) is 7.98. The minimum Gasteiger partial charge on any atom is -0.423 e. The van der Waals surface area contributed by atoms with E-state index in [0.717, 1.165) is 36.2 Å². The molecule has 2 unspecified atom stereocenters. The van der Waals surface area contributed by atoms with Crippen LogP contribution in [0.1, 0.15) is 92.4 Å². The highest BCUT2D eigenvalue weighted by atomic mass is 16.5. The third-order valence-corrected chi connectivity index (χ3v) is 5.47. The number of carbonyl (C=O) groups excluding carboxylic acids is 1. The number of benzene rings is 1. The minimum absolute atomic E-state index is 0.275. The number of rotatable bonds is 14. The predicted molar refractivity (Wildman–Crippen MR) is 121 cm³/mol. The molecule has 0 bridgehead atoms. The normalized spacial score (nSPS) is 14.1. The topological polar surface area (TPSA) is 26.3 Å². The van der Waals surface area contributed by atoms with E-state index < -0.39 is 0 Å². The molecule has 0 N–H and O–H groups in total. The third-order valence-electron chi connectivity index (χ3n) is 5.47. The van der Waals surface area contributed by atoms with E-state index in [-0.39, 0.29) is 5.97 Å². The number of esters is 1. The Balaban J connectivity index is 2.12. The first kappa shape index (κ1) is 24.5. The summed E-state index contributed by atoms with van der Waals surface area (Å²) >= 11 is 0. The second kappa shape index (κ2) is 14.4. The van der Waals surface area contributed by atoms with Crippen LogP contribution in [-0.4, -0.2) is 5.97 Å². The highest BCUT2D eigenvalue weighted by Crippen LogP contribution is 2.22. The molecule has 0 saturated heterocycles. The molecule has 1 aromatic carbocycles. The number of hydrogen-bond acceptors (Lipinski definition) is 2. The first-order valence-electron chi connectivity index (χ1n) is 11.3. The Morgan fingerprint density at radius 1 is 0.857 bits per heavy atom. The lowest BCUT2D eigenvalue weighted by Gasteiger charge is -2.15. The summed E-state index contributed by atoms with van der Waals surface area (Å²) in [6, 6.07) is 9.25. The fourth-order valence-electron chi connectivity index (χ4n) is 3.61. The molecule has 2 heteroatoms. The van der Waals surface area contributed by atoms with Crippen LogP contribution in [0.5, 0.6) is 5.75 Å². The van der Waals surface area contributed by atoms with E-state index in [1.807, 2.05) is 25.1 Å². The van der Waals surface area contributed by atoms with Crippen molar-refractivity contribution in [2.45, 2.75) is 92.4 Å². The number of hydrogen-bond donors (Lipinski definition) is 0. The zero-order chi connectivity index (χ0) is 20.8. The largest absolute Gasteiger partial charge is 0.423 e. The molecule has 0 aromatic heterocycles. The van der Waals surface area contributed by atoms with Gasteiger partial charge in [-0.15, -0.1) is 0 Å². The van der Waals surface area contributed by atoms with Crippen molar-refractivity contribution in [1.82, 2.24) is 0 Å². The van der Waals surface area contributed by atoms with E-state index in [4.69, 9.17) is 4.74 Å². The average molecular weight is 387 g/mol. The maximum atomic E-state index is 11.9. The summed E-state index contributed by atoms with van der Waals surface area (Å²) in [5.41, 5.74) is 1.10. The van der Waals surface area contributed by atoms with Crippen LogP contribution in [0.4, 0.5) is 0 Å². The Kier molecular flexibility index (Phi) is 12.6. The van der Waals surface area contributed by atoms with Crippen molar-refractivity contribution in [3.05, 3.63) is 42.0 Å². The van der Waals surface area contributed by atoms with Crippen molar-refractivity contribution < 1.29 is 9.53 Å². The Bertz CT molecular complexity index is 559. The summed E-state index contributed by atoms with van der Waals surface area (Å²) in [6.45, 7) is 11.4. The molecule has 0 spiro atoms. The Morgan fingerprint density at radius 3 is 1.96 bits per heavy atom. The van der Waals surface area contributed by atoms with Gasteiger partial charge in [-0.1, -0.05) is 96.4 Å². The lowest BCUT2D eigenvalue weighted by atomic mass is 9.91. The van der Waals surface area contributed by atoms with Gasteiger partial charge >= 0.3 is 5.97 Å². The van der Waals surface area contributed by atoms with E-state index >= 15 is 0 Å². The summed E-state index contributed by atoms with van der Waals surface area (Å²) < 4.78 is 5.31. The van der Waals surface area contributed by atoms with Crippen molar-refractivity contribution in [1.29, 1.82) is 0 Å². The van der Waals surface area contributed by atoms with Gasteiger partial charge in [0.15, 0.2) is 0 Å². The summed E-state index contributed by atoms with van der Waals surface area (Å²) in [5, 5.41) is 0. The van der Waals surface area contributed by atoms with Gasteiger partial charge in [0.25, 0.3) is 0 Å². The second-order valence-corrected chi connectivity index (χ2v) is 9.08. The maximum absolute atomic E-state index is 11.9. The SMILES string of the molecule is C/C(=C\C(=O)Oc1ccccc1)CCCC(C)CCCC(C)CCCC(C)C. The highest BCUT2D eigenvalue weighted by Gasteiger charge is 2.07. The van der Waals surface area contributed by atoms with Gasteiger partial charge in [-0.3, -0.25) is 0 Å². The van der Waals surface area contributed by atoms with Crippen LogP contribution >= 0.6 is 0 Å². The quantitative estimate of drug-likeness (QED) is 0.184. The zero-order valence-corrected chi connectivity index (χ0v) is 18.9. The number of para-hydroxylation sites is 1. The molecule has 2 atom stereocenters. The summed E-state index contributed by atoms with van der Waals surface area (Å²) in [7, 11) is 0. The van der Waals surface area contributed by atoms with E-state index in [1.165, 1.54) is 44.9 Å². The van der Waals surface area contributed by atoms with Gasteiger partial charge in [-0.05, 0) is 49.7 Å². The van der Waals surface area contributed by atoms with Crippen LogP contribution in [-0.2, 0) is 4.79 Å². The molecule has 158 valence electrons. The van der Waals surface area contributed by atoms with Gasteiger partial charge in [-0.2, -0.15) is 0 Å². The van der Waals surface area contributed by atoms with E-state index in [0.29, 0.717) is 5.75 Å². The van der Waals surface area contributed by atoms with E-state index in [2.05, 4.69) is 27.7 Å². The van der Waals surface area contributed by atoms with Gasteiger partial charge in [0, 0.05) is 6.08 Å². The lowest BCUT2D eigenvalue weighted by Crippen LogP contribution is -2.05. The molecule has 0 aliphatic rings. The molecule has 0 saturated carbocycles. The fraction of sp³-hybridized carbons (Fsp3) is 0.654. The standard InChI is InChI=1S/C26H42O2/c1-21(2)12-9-13-22(3)14-10-15-23(4)16-11-17-24(5)20-26(27)28-25-18-7-6-8-19-25/h6-8,18-23H,9-17H2,1-5H3/b24-20+. The fourth-order valence-corrected chi connectivity index (χ4v) is 3.61. The molecule has 0 aliphatic carbocycles. The molecule has 0 heterocycles. The highest BCUT2D eigenvalue weighted by molar-refractivity contribution is 5.84. The van der Waals surface area contributed by atoms with Crippen LogP contribution in [0.3, 0.4) is 0 Å². The van der Waals surface area contributed by atoms with Crippen LogP contribution in [0.25, 0.3) is 0 Å². The molecule has 0 radical (unpaired) electrons. The average Bonchev–Trinajstić information content (AvgIpc) is 2.62. The third kappa shape index (κ3) is 12.8. The molecule has 0 aliphatic heterocycles. The first-order valence-corrected chi connectivity index (χ1v) is 11.3. The molecule has 28 heavy (non-hydrogen) atoms. The van der Waals surface area contributed by atoms with Crippen molar-refractivity contribution >= 4 is 5.97 Å². The van der Waals surface area contributed by atoms with Gasteiger partial charge in [0.05, 0.1) is 0 Å². The Labute approximate surface area is 173 Å². The molecule has 1 rings (SSSR count). The van der Waals surface area contributed by atoms with Gasteiger partial charge < -0.3 is 4.74 Å². The molecular weight excluding hydrogens is 344 g/mol. The van der Waals surface area contributed by atoms with Gasteiger partial charge in [0.2, 0.25) is 0 Å². The number of carbonyl (C=O) groups is 1. The van der Waals surface area contributed by atoms with Crippen molar-refractivity contribution in [3.8, 4) is 5.75 Å². The first-order chi connectivity index (χ1) is 13.4. The Hall–Kier alpha value is -1.57. The summed E-state index contributed by atoms with van der Waals surface area (Å²) in [6.07, 6.45) is 13.2. The van der Waals surface area contributed by atoms with Crippen molar-refractivity contribution in [3.63, 3.8) is 0 Å². The van der Waals surface area contributed by atoms with Gasteiger partial charge in [-0.25, -0.2) is 4.79 Å². The molecule has 0 fully saturated rings. The van der Waals surface area contributed by atoms with Gasteiger partial charge in [0.1, 0.15) is 5.75 Å². The number of allylic oxidation sites excluding steroid dienone is 1.